The van der Waals surface area contributed by atoms with Gasteiger partial charge in [0.1, 0.15) is 11.6 Å². The topological polar surface area (TPSA) is 58.6 Å². The minimum Gasteiger partial charge on any atom is -0.403 e. The van der Waals surface area contributed by atoms with Crippen LogP contribution in [0, 0.1) is 12.7 Å². The first-order valence-corrected chi connectivity index (χ1v) is 8.67. The predicted molar refractivity (Wildman–Crippen MR) is 90.3 cm³/mol. The fraction of sp³-hybridized carbons (Fsp3) is 0.389. The molecule has 0 saturated carbocycles. The number of hydrogen-bond donors (Lipinski definition) is 0. The van der Waals surface area contributed by atoms with Crippen LogP contribution in [0.15, 0.2) is 18.2 Å². The van der Waals surface area contributed by atoms with E-state index in [1.165, 1.54) is 4.90 Å². The molecule has 0 atom stereocenters. The number of nitrogens with zero attached hydrogens (tertiary/aromatic N) is 4. The van der Waals surface area contributed by atoms with Crippen LogP contribution < -0.4 is 9.64 Å². The Morgan fingerprint density at radius 1 is 1.18 bits per heavy atom. The molecule has 1 aromatic heterocycles. The maximum Gasteiger partial charge on any atom is 0.573 e. The third kappa shape index (κ3) is 3.46. The number of halogens is 4. The molecule has 1 amide bonds. The molecule has 6 nitrogen and oxygen atoms in total. The van der Waals surface area contributed by atoms with Gasteiger partial charge in [-0.05, 0) is 31.5 Å². The summed E-state index contributed by atoms with van der Waals surface area (Å²) in [5.74, 6) is -1.37. The Bertz CT molecular complexity index is 944. The molecule has 2 aromatic rings. The maximum absolute atomic E-state index is 13.6. The van der Waals surface area contributed by atoms with Crippen molar-refractivity contribution in [3.63, 3.8) is 0 Å². The summed E-state index contributed by atoms with van der Waals surface area (Å²) in [5.41, 5.74) is 1.47. The van der Waals surface area contributed by atoms with Gasteiger partial charge in [0.2, 0.25) is 0 Å². The van der Waals surface area contributed by atoms with Crippen LogP contribution in [0.2, 0.25) is 0 Å². The molecule has 2 aliphatic heterocycles. The second kappa shape index (κ2) is 6.61. The third-order valence-corrected chi connectivity index (χ3v) is 4.72. The van der Waals surface area contributed by atoms with Crippen molar-refractivity contribution >= 4 is 11.7 Å². The van der Waals surface area contributed by atoms with Crippen LogP contribution in [0.4, 0.5) is 23.4 Å². The van der Waals surface area contributed by atoms with E-state index < -0.39 is 23.8 Å². The summed E-state index contributed by atoms with van der Waals surface area (Å²) in [7, 11) is 0. The van der Waals surface area contributed by atoms with E-state index in [0.717, 1.165) is 54.8 Å². The molecule has 0 bridgehead atoms. The van der Waals surface area contributed by atoms with Crippen molar-refractivity contribution < 1.29 is 27.1 Å². The van der Waals surface area contributed by atoms with E-state index in [2.05, 4.69) is 19.6 Å². The fourth-order valence-electron chi connectivity index (χ4n) is 3.31. The number of alkyl halides is 3. The lowest BCUT2D eigenvalue weighted by molar-refractivity contribution is -0.275. The highest BCUT2D eigenvalue weighted by Gasteiger charge is 2.34. The summed E-state index contributed by atoms with van der Waals surface area (Å²) in [4.78, 5) is 25.2. The first kappa shape index (κ1) is 18.5. The van der Waals surface area contributed by atoms with Gasteiger partial charge >= 0.3 is 6.36 Å². The number of hydrogen-bond acceptors (Lipinski definition) is 5. The van der Waals surface area contributed by atoms with E-state index in [-0.39, 0.29) is 18.7 Å². The maximum atomic E-state index is 13.6. The summed E-state index contributed by atoms with van der Waals surface area (Å²) in [6.45, 7) is 3.99. The van der Waals surface area contributed by atoms with Gasteiger partial charge in [-0.25, -0.2) is 14.4 Å². The van der Waals surface area contributed by atoms with Gasteiger partial charge in [0.05, 0.1) is 18.8 Å². The van der Waals surface area contributed by atoms with Crippen molar-refractivity contribution in [1.82, 2.24) is 14.9 Å². The zero-order valence-corrected chi connectivity index (χ0v) is 14.9. The molecule has 10 heteroatoms. The standard InChI is InChI=1S/C18H16F4N4O2/c1-10-23-14-9-26(8-12(14)16(24-10)25-5-2-6-25)17(27)11-3-4-13(19)15(7-11)28-18(20,21)22/h3-4,7H,2,5-6,8-9H2,1H3. The van der Waals surface area contributed by atoms with Crippen molar-refractivity contribution in [2.75, 3.05) is 18.0 Å². The van der Waals surface area contributed by atoms with Crippen molar-refractivity contribution in [2.24, 2.45) is 0 Å². The minimum absolute atomic E-state index is 0.0939. The Morgan fingerprint density at radius 3 is 2.57 bits per heavy atom. The van der Waals surface area contributed by atoms with Crippen LogP contribution in [-0.2, 0) is 13.1 Å². The largest absolute Gasteiger partial charge is 0.573 e. The molecule has 0 aliphatic carbocycles. The van der Waals surface area contributed by atoms with Crippen LogP contribution in [-0.4, -0.2) is 40.2 Å². The van der Waals surface area contributed by atoms with Crippen LogP contribution in [0.5, 0.6) is 5.75 Å². The fourth-order valence-corrected chi connectivity index (χ4v) is 3.31. The monoisotopic (exact) mass is 396 g/mol. The summed E-state index contributed by atoms with van der Waals surface area (Å²) in [6, 6.07) is 2.69. The second-order valence-corrected chi connectivity index (χ2v) is 6.71. The van der Waals surface area contributed by atoms with Crippen LogP contribution in [0.3, 0.4) is 0 Å². The number of anilines is 1. The van der Waals surface area contributed by atoms with Gasteiger partial charge < -0.3 is 14.5 Å². The van der Waals surface area contributed by atoms with E-state index in [1.54, 1.807) is 6.92 Å². The van der Waals surface area contributed by atoms with Crippen LogP contribution >= 0.6 is 0 Å². The average Bonchev–Trinajstić information content (AvgIpc) is 2.97. The highest BCUT2D eigenvalue weighted by atomic mass is 19.4. The minimum atomic E-state index is -5.05. The molecule has 148 valence electrons. The second-order valence-electron chi connectivity index (χ2n) is 6.71. The smallest absolute Gasteiger partial charge is 0.403 e. The number of carbonyl (C=O) groups excluding carboxylic acids is 1. The molecule has 2 aliphatic rings. The lowest BCUT2D eigenvalue weighted by Gasteiger charge is -2.33. The van der Waals surface area contributed by atoms with Crippen molar-refractivity contribution in [2.45, 2.75) is 32.8 Å². The predicted octanol–water partition coefficient (Wildman–Crippen LogP) is 3.19. The Balaban J connectivity index is 1.59. The third-order valence-electron chi connectivity index (χ3n) is 4.72. The Hall–Kier alpha value is -2.91. The quantitative estimate of drug-likeness (QED) is 0.746. The van der Waals surface area contributed by atoms with Gasteiger partial charge in [0.15, 0.2) is 11.6 Å². The highest BCUT2D eigenvalue weighted by molar-refractivity contribution is 5.95. The van der Waals surface area contributed by atoms with Gasteiger partial charge in [0, 0.05) is 24.2 Å². The number of amides is 1. The van der Waals surface area contributed by atoms with E-state index >= 15 is 0 Å². The van der Waals surface area contributed by atoms with E-state index in [1.807, 2.05) is 0 Å². The molecule has 0 radical (unpaired) electrons. The van der Waals surface area contributed by atoms with Crippen molar-refractivity contribution in [3.05, 3.63) is 46.7 Å². The molecule has 1 aromatic carbocycles. The molecular weight excluding hydrogens is 380 g/mol. The first-order chi connectivity index (χ1) is 13.2. The highest BCUT2D eigenvalue weighted by Crippen LogP contribution is 2.33. The molecule has 1 fully saturated rings. The molecule has 1 saturated heterocycles. The van der Waals surface area contributed by atoms with Gasteiger partial charge in [-0.15, -0.1) is 13.2 Å². The van der Waals surface area contributed by atoms with E-state index in [9.17, 15) is 22.4 Å². The van der Waals surface area contributed by atoms with Crippen molar-refractivity contribution in [3.8, 4) is 5.75 Å². The number of carbonyl (C=O) groups is 1. The average molecular weight is 396 g/mol. The summed E-state index contributed by atoms with van der Waals surface area (Å²) >= 11 is 0. The Morgan fingerprint density at radius 2 is 1.93 bits per heavy atom. The summed E-state index contributed by atoms with van der Waals surface area (Å²) < 4.78 is 54.6. The number of fused-ring (bicyclic) bond motifs is 1. The number of ether oxygens (including phenoxy) is 1. The summed E-state index contributed by atoms with van der Waals surface area (Å²) in [6.07, 6.45) is -3.98. The number of aryl methyl sites for hydroxylation is 1. The molecule has 0 unspecified atom stereocenters. The molecule has 0 spiro atoms. The number of aromatic nitrogens is 2. The zero-order valence-electron chi connectivity index (χ0n) is 14.9. The molecule has 4 rings (SSSR count). The normalized spacial score (nSPS) is 16.0. The molecular formula is C18H16F4N4O2. The van der Waals surface area contributed by atoms with Gasteiger partial charge in [-0.2, -0.15) is 0 Å². The number of benzene rings is 1. The lowest BCUT2D eigenvalue weighted by atomic mass is 10.1. The Labute approximate surface area is 157 Å². The molecule has 0 N–H and O–H groups in total. The molecule has 28 heavy (non-hydrogen) atoms. The van der Waals surface area contributed by atoms with Gasteiger partial charge in [-0.1, -0.05) is 0 Å². The van der Waals surface area contributed by atoms with Crippen LogP contribution in [0.25, 0.3) is 0 Å². The Kier molecular flexibility index (Phi) is 4.35. The lowest BCUT2D eigenvalue weighted by Crippen LogP contribution is -2.38. The first-order valence-electron chi connectivity index (χ1n) is 8.67. The molecule has 3 heterocycles. The van der Waals surface area contributed by atoms with Crippen LogP contribution in [0.1, 0.15) is 33.9 Å². The van der Waals surface area contributed by atoms with Gasteiger partial charge in [0.25, 0.3) is 5.91 Å². The number of rotatable bonds is 3. The van der Waals surface area contributed by atoms with Crippen molar-refractivity contribution in [1.29, 1.82) is 0 Å². The SMILES string of the molecule is Cc1nc2c(c(N3CCC3)n1)CN(C(=O)c1ccc(F)c(OC(F)(F)F)c1)C2. The zero-order chi connectivity index (χ0) is 20.1. The van der Waals surface area contributed by atoms with E-state index in [4.69, 9.17) is 0 Å². The van der Waals surface area contributed by atoms with E-state index in [0.29, 0.717) is 5.82 Å². The van der Waals surface area contributed by atoms with Gasteiger partial charge in [-0.3, -0.25) is 4.79 Å². The summed E-state index contributed by atoms with van der Waals surface area (Å²) in [5, 5.41) is 0.